The lowest BCUT2D eigenvalue weighted by molar-refractivity contribution is -0.162. The summed E-state index contributed by atoms with van der Waals surface area (Å²) in [6.07, 6.45) is 4.20. The number of carbonyl (C=O) groups excluding carboxylic acids is 2. The van der Waals surface area contributed by atoms with Crippen LogP contribution in [0.5, 0.6) is 0 Å². The van der Waals surface area contributed by atoms with Crippen LogP contribution in [0.15, 0.2) is 23.3 Å². The zero-order valence-electron chi connectivity index (χ0n) is 18.5. The van der Waals surface area contributed by atoms with Crippen LogP contribution in [0.3, 0.4) is 0 Å². The topological polar surface area (TPSA) is 222 Å². The standard InChI is InChI=1S/C14H20N2O6.C7H8N4O/c17-11(8-15-9-12(18)19)16-5-1-4-14(16,13(20)21)10-2-6-22-7-3-10;8-6(9)5-2-1-4(3-11-5)7(10)12/h9-10H,1-8H2,(H,18,19)(H,20,21);1-3H,(H3,8,9)(H2,10,12)/t14-;/m1./s1. The van der Waals surface area contributed by atoms with Crippen molar-refractivity contribution < 1.29 is 34.1 Å². The quantitative estimate of drug-likeness (QED) is 0.252. The molecule has 0 unspecified atom stereocenters. The van der Waals surface area contributed by atoms with Gasteiger partial charge in [-0.15, -0.1) is 0 Å². The number of amidine groups is 1. The minimum atomic E-state index is -1.23. The van der Waals surface area contributed by atoms with Gasteiger partial charge < -0.3 is 31.3 Å². The van der Waals surface area contributed by atoms with Crippen molar-refractivity contribution in [3.05, 3.63) is 29.6 Å². The molecule has 2 saturated heterocycles. The molecule has 0 spiro atoms. The molecule has 2 amide bonds. The third-order valence-corrected chi connectivity index (χ3v) is 5.74. The van der Waals surface area contributed by atoms with Gasteiger partial charge in [-0.1, -0.05) is 0 Å². The molecule has 34 heavy (non-hydrogen) atoms. The number of carbonyl (C=O) groups is 4. The average molecular weight is 476 g/mol. The Morgan fingerprint density at radius 1 is 1.24 bits per heavy atom. The number of nitrogens with zero attached hydrogens (tertiary/aromatic N) is 3. The van der Waals surface area contributed by atoms with Gasteiger partial charge in [0.2, 0.25) is 11.8 Å². The Balaban J connectivity index is 0.000000287. The van der Waals surface area contributed by atoms with Crippen LogP contribution in [0, 0.1) is 11.3 Å². The number of ether oxygens (including phenoxy) is 1. The van der Waals surface area contributed by atoms with E-state index >= 15 is 0 Å². The average Bonchev–Trinajstić information content (AvgIpc) is 3.26. The molecule has 2 aliphatic rings. The van der Waals surface area contributed by atoms with E-state index in [-0.39, 0.29) is 18.3 Å². The van der Waals surface area contributed by atoms with Gasteiger partial charge in [0.05, 0.1) is 5.56 Å². The van der Waals surface area contributed by atoms with Gasteiger partial charge in [0.1, 0.15) is 29.8 Å². The zero-order chi connectivity index (χ0) is 25.3. The summed E-state index contributed by atoms with van der Waals surface area (Å²) in [7, 11) is 0. The number of pyridine rings is 1. The van der Waals surface area contributed by atoms with Gasteiger partial charge in [-0.05, 0) is 43.7 Å². The van der Waals surface area contributed by atoms with E-state index in [0.717, 1.165) is 0 Å². The van der Waals surface area contributed by atoms with Crippen molar-refractivity contribution in [2.45, 2.75) is 31.2 Å². The Bertz CT molecular complexity index is 926. The van der Waals surface area contributed by atoms with E-state index in [4.69, 9.17) is 26.7 Å². The molecule has 7 N–H and O–H groups in total. The molecular weight excluding hydrogens is 448 g/mol. The molecule has 2 aliphatic heterocycles. The highest BCUT2D eigenvalue weighted by Crippen LogP contribution is 2.41. The molecule has 0 aliphatic carbocycles. The van der Waals surface area contributed by atoms with Gasteiger partial charge in [0.15, 0.2) is 0 Å². The van der Waals surface area contributed by atoms with Crippen LogP contribution in [0.2, 0.25) is 0 Å². The second-order valence-corrected chi connectivity index (χ2v) is 7.78. The molecule has 3 rings (SSSR count). The molecule has 13 nitrogen and oxygen atoms in total. The van der Waals surface area contributed by atoms with E-state index < -0.39 is 29.3 Å². The number of nitrogens with one attached hydrogen (secondary N) is 1. The van der Waals surface area contributed by atoms with Crippen molar-refractivity contribution in [3.8, 4) is 0 Å². The number of amides is 2. The van der Waals surface area contributed by atoms with Crippen molar-refractivity contribution in [1.29, 1.82) is 5.41 Å². The number of carboxylic acid groups (broad SMARTS) is 2. The summed E-state index contributed by atoms with van der Waals surface area (Å²) in [4.78, 5) is 53.9. The van der Waals surface area contributed by atoms with E-state index in [1.807, 2.05) is 0 Å². The number of likely N-dealkylation sites (tertiary alicyclic amines) is 1. The lowest BCUT2D eigenvalue weighted by Crippen LogP contribution is -2.59. The van der Waals surface area contributed by atoms with Crippen LogP contribution < -0.4 is 11.5 Å². The number of hydrogen-bond acceptors (Lipinski definition) is 8. The highest BCUT2D eigenvalue weighted by Gasteiger charge is 2.54. The highest BCUT2D eigenvalue weighted by molar-refractivity contribution is 6.22. The second kappa shape index (κ2) is 11.8. The molecule has 0 radical (unpaired) electrons. The van der Waals surface area contributed by atoms with Gasteiger partial charge in [-0.3, -0.25) is 25.0 Å². The van der Waals surface area contributed by atoms with E-state index in [1.54, 1.807) is 0 Å². The Labute approximate surface area is 195 Å². The predicted octanol–water partition coefficient (Wildman–Crippen LogP) is -0.521. The molecule has 1 aromatic heterocycles. The summed E-state index contributed by atoms with van der Waals surface area (Å²) < 4.78 is 5.29. The summed E-state index contributed by atoms with van der Waals surface area (Å²) in [5.74, 6) is -3.49. The van der Waals surface area contributed by atoms with Gasteiger partial charge >= 0.3 is 11.9 Å². The summed E-state index contributed by atoms with van der Waals surface area (Å²) in [6.45, 7) is 1.02. The first-order valence-electron chi connectivity index (χ1n) is 10.5. The van der Waals surface area contributed by atoms with Crippen molar-refractivity contribution in [3.63, 3.8) is 0 Å². The molecule has 13 heteroatoms. The molecule has 0 saturated carbocycles. The fourth-order valence-corrected chi connectivity index (χ4v) is 4.17. The Morgan fingerprint density at radius 3 is 2.41 bits per heavy atom. The molecule has 0 aromatic carbocycles. The minimum Gasteiger partial charge on any atom is -0.479 e. The zero-order valence-corrected chi connectivity index (χ0v) is 18.5. The fourth-order valence-electron chi connectivity index (χ4n) is 4.17. The van der Waals surface area contributed by atoms with Crippen molar-refractivity contribution >= 4 is 35.8 Å². The van der Waals surface area contributed by atoms with Crippen LogP contribution >= 0.6 is 0 Å². The number of hydrogen-bond donors (Lipinski definition) is 5. The lowest BCUT2D eigenvalue weighted by Gasteiger charge is -2.42. The Morgan fingerprint density at radius 2 is 1.91 bits per heavy atom. The maximum atomic E-state index is 12.3. The molecule has 0 bridgehead atoms. The second-order valence-electron chi connectivity index (χ2n) is 7.78. The number of aliphatic imine (C=N–C) groups is 1. The first-order valence-corrected chi connectivity index (χ1v) is 10.5. The Hall–Kier alpha value is -3.87. The summed E-state index contributed by atoms with van der Waals surface area (Å²) in [5, 5.41) is 25.3. The maximum absolute atomic E-state index is 12.3. The molecule has 184 valence electrons. The van der Waals surface area contributed by atoms with Crippen LogP contribution in [0.25, 0.3) is 0 Å². The van der Waals surface area contributed by atoms with E-state index in [9.17, 15) is 24.3 Å². The number of rotatable bonds is 7. The molecular formula is C21H28N6O7. The number of aliphatic carboxylic acids is 2. The van der Waals surface area contributed by atoms with E-state index in [1.165, 1.54) is 23.2 Å². The SMILES string of the molecule is N=C(N)c1ccc(C(N)=O)cn1.O=C(O)C=NCC(=O)N1CCC[C@]1(C(=O)O)C1CCOCC1. The van der Waals surface area contributed by atoms with Crippen molar-refractivity contribution in [2.75, 3.05) is 26.3 Å². The van der Waals surface area contributed by atoms with Crippen LogP contribution in [0.1, 0.15) is 41.7 Å². The number of carboxylic acids is 2. The third kappa shape index (κ3) is 6.34. The number of primary amides is 1. The normalized spacial score (nSPS) is 20.4. The lowest BCUT2D eigenvalue weighted by atomic mass is 9.77. The third-order valence-electron chi connectivity index (χ3n) is 5.74. The summed E-state index contributed by atoms with van der Waals surface area (Å²) >= 11 is 0. The van der Waals surface area contributed by atoms with Crippen LogP contribution in [-0.4, -0.2) is 87.7 Å². The van der Waals surface area contributed by atoms with Gasteiger partial charge in [0.25, 0.3) is 0 Å². The fraction of sp³-hybridized carbons (Fsp3) is 0.476. The molecule has 2 fully saturated rings. The molecule has 1 aromatic rings. The van der Waals surface area contributed by atoms with Gasteiger partial charge in [-0.25, -0.2) is 9.59 Å². The number of nitrogen functional groups attached to an aromatic ring is 1. The Kier molecular flexibility index (Phi) is 9.18. The van der Waals surface area contributed by atoms with Crippen molar-refractivity contribution in [1.82, 2.24) is 9.88 Å². The maximum Gasteiger partial charge on any atom is 0.346 e. The largest absolute Gasteiger partial charge is 0.479 e. The number of nitrogens with two attached hydrogens (primary N) is 2. The van der Waals surface area contributed by atoms with Gasteiger partial charge in [-0.2, -0.15) is 0 Å². The molecule has 1 atom stereocenters. The van der Waals surface area contributed by atoms with Crippen molar-refractivity contribution in [2.24, 2.45) is 22.4 Å². The van der Waals surface area contributed by atoms with Gasteiger partial charge in [0, 0.05) is 26.0 Å². The summed E-state index contributed by atoms with van der Waals surface area (Å²) in [6, 6.07) is 2.95. The summed E-state index contributed by atoms with van der Waals surface area (Å²) in [5.41, 5.74) is 9.55. The first kappa shape index (κ1) is 26.4. The monoisotopic (exact) mass is 476 g/mol. The van der Waals surface area contributed by atoms with Crippen LogP contribution in [0.4, 0.5) is 0 Å². The minimum absolute atomic E-state index is 0.133. The number of aromatic nitrogens is 1. The first-order chi connectivity index (χ1) is 16.1. The van der Waals surface area contributed by atoms with E-state index in [2.05, 4.69) is 9.98 Å². The molecule has 3 heterocycles. The predicted molar refractivity (Wildman–Crippen MR) is 120 cm³/mol. The highest BCUT2D eigenvalue weighted by atomic mass is 16.5. The van der Waals surface area contributed by atoms with Crippen LogP contribution in [-0.2, 0) is 19.1 Å². The van der Waals surface area contributed by atoms with E-state index in [0.29, 0.717) is 62.9 Å². The smallest absolute Gasteiger partial charge is 0.346 e.